The van der Waals surface area contributed by atoms with Crippen LogP contribution in [0.4, 0.5) is 5.69 Å². The van der Waals surface area contributed by atoms with Gasteiger partial charge in [-0.3, -0.25) is 10.1 Å². The van der Waals surface area contributed by atoms with Crippen LogP contribution in [-0.2, 0) is 9.84 Å². The monoisotopic (exact) mass is 343 g/mol. The van der Waals surface area contributed by atoms with Gasteiger partial charge in [0, 0.05) is 16.2 Å². The summed E-state index contributed by atoms with van der Waals surface area (Å²) in [6.07, 6.45) is 0.950. The second-order valence-corrected chi connectivity index (χ2v) is 7.72. The maximum Gasteiger partial charge on any atom is 0.301 e. The fraction of sp³-hybridized carbons (Fsp3) is 0.0769. The van der Waals surface area contributed by atoms with E-state index in [-0.39, 0.29) is 9.79 Å². The Balaban J connectivity index is 2.54. The summed E-state index contributed by atoms with van der Waals surface area (Å²) >= 11 is 6.90. The van der Waals surface area contributed by atoms with Gasteiger partial charge in [0.05, 0.1) is 9.82 Å². The second-order valence-electron chi connectivity index (χ2n) is 4.19. The predicted octanol–water partition coefficient (Wildman–Crippen LogP) is 3.80. The first-order chi connectivity index (χ1) is 9.79. The van der Waals surface area contributed by atoms with Crippen molar-refractivity contribution in [2.24, 2.45) is 0 Å². The first kappa shape index (κ1) is 15.8. The molecular formula is C13H10ClNO4S2. The fourth-order valence-electron chi connectivity index (χ4n) is 1.69. The van der Waals surface area contributed by atoms with Crippen molar-refractivity contribution in [1.82, 2.24) is 0 Å². The minimum absolute atomic E-state index is 0.269. The number of benzene rings is 2. The summed E-state index contributed by atoms with van der Waals surface area (Å²) in [7, 11) is -3.68. The molecule has 5 nitrogen and oxygen atoms in total. The minimum atomic E-state index is -3.68. The maximum atomic E-state index is 11.7. The number of rotatable bonds is 4. The second kappa shape index (κ2) is 6.05. The van der Waals surface area contributed by atoms with Crippen LogP contribution in [0.5, 0.6) is 0 Å². The van der Waals surface area contributed by atoms with Gasteiger partial charge >= 0.3 is 5.69 Å². The summed E-state index contributed by atoms with van der Waals surface area (Å²) in [5.41, 5.74) is -0.403. The Labute approximate surface area is 131 Å². The molecule has 2 aromatic carbocycles. The number of para-hydroxylation sites is 1. The van der Waals surface area contributed by atoms with Crippen molar-refractivity contribution in [3.63, 3.8) is 0 Å². The zero-order chi connectivity index (χ0) is 15.6. The smallest absolute Gasteiger partial charge is 0.258 e. The third-order valence-electron chi connectivity index (χ3n) is 2.59. The van der Waals surface area contributed by atoms with Crippen molar-refractivity contribution in [3.05, 3.63) is 57.6 Å². The SMILES string of the molecule is CS(=O)(=O)c1cccc(Sc2ccc(Cl)cc2)c1[N+](=O)[O-]. The molecule has 0 aliphatic carbocycles. The molecule has 0 aliphatic heterocycles. The summed E-state index contributed by atoms with van der Waals surface area (Å²) in [6.45, 7) is 0. The third kappa shape index (κ3) is 3.75. The number of nitrogens with zero attached hydrogens (tertiary/aromatic N) is 1. The molecule has 0 aromatic heterocycles. The molecular weight excluding hydrogens is 334 g/mol. The number of hydrogen-bond donors (Lipinski definition) is 0. The van der Waals surface area contributed by atoms with Gasteiger partial charge < -0.3 is 0 Å². The van der Waals surface area contributed by atoms with Crippen molar-refractivity contribution in [1.29, 1.82) is 0 Å². The molecule has 8 heteroatoms. The van der Waals surface area contributed by atoms with Crippen molar-refractivity contribution < 1.29 is 13.3 Å². The first-order valence-corrected chi connectivity index (χ1v) is 8.78. The van der Waals surface area contributed by atoms with Gasteiger partial charge in [-0.15, -0.1) is 0 Å². The lowest BCUT2D eigenvalue weighted by molar-refractivity contribution is -0.390. The summed E-state index contributed by atoms with van der Waals surface area (Å²) in [5, 5.41) is 11.8. The van der Waals surface area contributed by atoms with Crippen molar-refractivity contribution in [2.75, 3.05) is 6.26 Å². The molecule has 0 bridgehead atoms. The molecule has 0 N–H and O–H groups in total. The van der Waals surface area contributed by atoms with E-state index in [4.69, 9.17) is 11.6 Å². The molecule has 0 fully saturated rings. The Kier molecular flexibility index (Phi) is 4.55. The van der Waals surface area contributed by atoms with E-state index < -0.39 is 20.4 Å². The van der Waals surface area contributed by atoms with Crippen LogP contribution in [0, 0.1) is 10.1 Å². The molecule has 0 heterocycles. The normalized spacial score (nSPS) is 11.3. The molecule has 0 aliphatic rings. The summed E-state index contributed by atoms with van der Waals surface area (Å²) in [4.78, 5) is 11.3. The molecule has 0 amide bonds. The van der Waals surface area contributed by atoms with Crippen LogP contribution in [0.15, 0.2) is 57.2 Å². The number of nitro benzene ring substituents is 1. The quantitative estimate of drug-likeness (QED) is 0.623. The van der Waals surface area contributed by atoms with Gasteiger partial charge in [-0.05, 0) is 36.4 Å². The predicted molar refractivity (Wildman–Crippen MR) is 81.8 cm³/mol. The van der Waals surface area contributed by atoms with E-state index >= 15 is 0 Å². The summed E-state index contributed by atoms with van der Waals surface area (Å²) in [6, 6.07) is 11.0. The average molecular weight is 344 g/mol. The number of nitro groups is 1. The van der Waals surface area contributed by atoms with Crippen molar-refractivity contribution >= 4 is 38.9 Å². The lowest BCUT2D eigenvalue weighted by Crippen LogP contribution is -2.03. The number of hydrogen-bond acceptors (Lipinski definition) is 5. The van der Waals surface area contributed by atoms with Gasteiger partial charge in [-0.2, -0.15) is 0 Å². The first-order valence-electron chi connectivity index (χ1n) is 5.70. The van der Waals surface area contributed by atoms with Crippen LogP contribution >= 0.6 is 23.4 Å². The molecule has 2 rings (SSSR count). The largest absolute Gasteiger partial charge is 0.301 e. The number of sulfone groups is 1. The zero-order valence-electron chi connectivity index (χ0n) is 10.8. The highest BCUT2D eigenvalue weighted by Crippen LogP contribution is 2.38. The molecule has 0 unspecified atom stereocenters. The standard InChI is InChI=1S/C13H10ClNO4S2/c1-21(18,19)12-4-2-3-11(13(12)15(16)17)20-10-7-5-9(14)6-8-10/h2-8H,1H3. The molecule has 21 heavy (non-hydrogen) atoms. The van der Waals surface area contributed by atoms with E-state index in [2.05, 4.69) is 0 Å². The van der Waals surface area contributed by atoms with Crippen LogP contribution in [-0.4, -0.2) is 19.6 Å². The van der Waals surface area contributed by atoms with Crippen LogP contribution in [0.3, 0.4) is 0 Å². The van der Waals surface area contributed by atoms with Gasteiger partial charge in [0.2, 0.25) is 0 Å². The fourth-order valence-corrected chi connectivity index (χ4v) is 3.70. The van der Waals surface area contributed by atoms with Gasteiger partial charge in [0.25, 0.3) is 0 Å². The molecule has 0 saturated heterocycles. The zero-order valence-corrected chi connectivity index (χ0v) is 13.2. The highest BCUT2D eigenvalue weighted by Gasteiger charge is 2.26. The third-order valence-corrected chi connectivity index (χ3v) is 5.02. The van der Waals surface area contributed by atoms with Crippen molar-refractivity contribution in [3.8, 4) is 0 Å². The maximum absolute atomic E-state index is 11.7. The Morgan fingerprint density at radius 3 is 2.29 bits per heavy atom. The van der Waals surface area contributed by atoms with Crippen molar-refractivity contribution in [2.45, 2.75) is 14.7 Å². The molecule has 0 saturated carbocycles. The van der Waals surface area contributed by atoms with E-state index in [1.54, 1.807) is 24.3 Å². The molecule has 2 aromatic rings. The Morgan fingerprint density at radius 2 is 1.76 bits per heavy atom. The van der Waals surface area contributed by atoms with Gasteiger partial charge in [0.15, 0.2) is 9.84 Å². The molecule has 0 radical (unpaired) electrons. The lowest BCUT2D eigenvalue weighted by Gasteiger charge is -2.06. The van der Waals surface area contributed by atoms with E-state index in [1.807, 2.05) is 0 Å². The van der Waals surface area contributed by atoms with Gasteiger partial charge in [0.1, 0.15) is 4.90 Å². The van der Waals surface area contributed by atoms with E-state index in [9.17, 15) is 18.5 Å². The molecule has 0 spiro atoms. The minimum Gasteiger partial charge on any atom is -0.258 e. The Hall–Kier alpha value is -1.57. The van der Waals surface area contributed by atoms with Gasteiger partial charge in [-0.25, -0.2) is 8.42 Å². The van der Waals surface area contributed by atoms with Crippen LogP contribution < -0.4 is 0 Å². The van der Waals surface area contributed by atoms with Crippen LogP contribution in [0.25, 0.3) is 0 Å². The van der Waals surface area contributed by atoms with Gasteiger partial charge in [-0.1, -0.05) is 29.4 Å². The molecule has 110 valence electrons. The number of halogens is 1. The van der Waals surface area contributed by atoms with Crippen LogP contribution in [0.2, 0.25) is 5.02 Å². The highest BCUT2D eigenvalue weighted by molar-refractivity contribution is 7.99. The average Bonchev–Trinajstić information content (AvgIpc) is 2.40. The highest BCUT2D eigenvalue weighted by atomic mass is 35.5. The summed E-state index contributed by atoms with van der Waals surface area (Å²) in [5.74, 6) is 0. The Bertz CT molecular complexity index is 788. The lowest BCUT2D eigenvalue weighted by atomic mass is 10.3. The van der Waals surface area contributed by atoms with E-state index in [0.29, 0.717) is 5.02 Å². The van der Waals surface area contributed by atoms with E-state index in [0.717, 1.165) is 22.9 Å². The van der Waals surface area contributed by atoms with Crippen LogP contribution in [0.1, 0.15) is 0 Å². The topological polar surface area (TPSA) is 77.3 Å². The Morgan fingerprint density at radius 1 is 1.14 bits per heavy atom. The molecule has 0 atom stereocenters. The summed E-state index contributed by atoms with van der Waals surface area (Å²) < 4.78 is 23.4. The van der Waals surface area contributed by atoms with E-state index in [1.165, 1.54) is 18.2 Å².